The molecule has 0 radical (unpaired) electrons. The van der Waals surface area contributed by atoms with Crippen LogP contribution in [0.15, 0.2) is 63.5 Å². The van der Waals surface area contributed by atoms with Gasteiger partial charge < -0.3 is 0 Å². The van der Waals surface area contributed by atoms with Crippen LogP contribution in [0, 0.1) is 12.8 Å². The third-order valence-electron chi connectivity index (χ3n) is 3.21. The van der Waals surface area contributed by atoms with Crippen molar-refractivity contribution in [3.63, 3.8) is 0 Å². The zero-order chi connectivity index (χ0) is 12.4. The van der Waals surface area contributed by atoms with E-state index < -0.39 is 0 Å². The van der Waals surface area contributed by atoms with E-state index >= 15 is 0 Å². The predicted molar refractivity (Wildman–Crippen MR) is 74.2 cm³/mol. The largest absolute Gasteiger partial charge is 0.170 e. The molecule has 0 aromatic carbocycles. The van der Waals surface area contributed by atoms with Gasteiger partial charge in [0.1, 0.15) is 5.57 Å². The molecule has 0 aromatic rings. The van der Waals surface area contributed by atoms with E-state index in [0.717, 1.165) is 0 Å². The molecule has 0 atom stereocenters. The molecule has 17 heavy (non-hydrogen) atoms. The molecule has 0 amide bonds. The van der Waals surface area contributed by atoms with Crippen LogP contribution in [-0.4, -0.2) is 0 Å². The first-order valence-corrected chi connectivity index (χ1v) is 5.99. The van der Waals surface area contributed by atoms with E-state index in [2.05, 4.69) is 70.6 Å². The van der Waals surface area contributed by atoms with Crippen molar-refractivity contribution in [2.24, 2.45) is 0 Å². The van der Waals surface area contributed by atoms with E-state index in [1.165, 1.54) is 33.4 Å². The van der Waals surface area contributed by atoms with E-state index in [1.54, 1.807) is 0 Å². The second kappa shape index (κ2) is 4.61. The fraction of sp³-hybridized carbons (Fsp3) is 0.235. The highest BCUT2D eigenvalue weighted by Crippen LogP contribution is 2.28. The number of rotatable bonds is 0. The number of hydrogen-bond donors (Lipinski definition) is 0. The summed E-state index contributed by atoms with van der Waals surface area (Å²) in [6.07, 6.45) is 12.8. The molecule has 0 spiro atoms. The lowest BCUT2D eigenvalue weighted by atomic mass is 9.90. The summed E-state index contributed by atoms with van der Waals surface area (Å²) in [5.74, 6) is 0. The highest BCUT2D eigenvalue weighted by atomic mass is 14.1. The van der Waals surface area contributed by atoms with Crippen molar-refractivity contribution in [1.29, 1.82) is 0 Å². The molecule has 0 saturated carbocycles. The normalized spacial score (nSPS) is 19.3. The lowest BCUT2D eigenvalue weighted by molar-refractivity contribution is 1.24. The third kappa shape index (κ3) is 2.33. The van der Waals surface area contributed by atoms with Gasteiger partial charge in [-0.1, -0.05) is 19.4 Å². The molecule has 0 aromatic heterocycles. The molecule has 0 N–H and O–H groups in total. The van der Waals surface area contributed by atoms with Crippen LogP contribution in [0.1, 0.15) is 27.7 Å². The minimum absolute atomic E-state index is 1.23. The summed E-state index contributed by atoms with van der Waals surface area (Å²) < 4.78 is 0. The van der Waals surface area contributed by atoms with Gasteiger partial charge in [0, 0.05) is 20.3 Å². The zero-order valence-electron chi connectivity index (χ0n) is 11.0. The van der Waals surface area contributed by atoms with Crippen LogP contribution in [0.3, 0.4) is 0 Å². The minimum atomic E-state index is 1.23. The molecule has 2 aliphatic carbocycles. The van der Waals surface area contributed by atoms with Crippen LogP contribution in [0.4, 0.5) is 0 Å². The molecule has 0 fully saturated rings. The van der Waals surface area contributed by atoms with Crippen LogP contribution in [0.25, 0.3) is 0 Å². The maximum Gasteiger partial charge on any atom is 0.130 e. The molecule has 0 heterocycles. The summed E-state index contributed by atoms with van der Waals surface area (Å²) in [6.45, 7) is 8.57. The molecule has 0 aliphatic heterocycles. The summed E-state index contributed by atoms with van der Waals surface area (Å²) in [7, 11) is 0. The van der Waals surface area contributed by atoms with E-state index in [-0.39, 0.29) is 0 Å². The van der Waals surface area contributed by atoms with Gasteiger partial charge in [0.15, 0.2) is 0 Å². The molecule has 0 bridgehead atoms. The van der Waals surface area contributed by atoms with Crippen molar-refractivity contribution < 1.29 is 0 Å². The van der Waals surface area contributed by atoms with E-state index in [1.807, 2.05) is 0 Å². The van der Waals surface area contributed by atoms with E-state index in [9.17, 15) is 0 Å². The quantitative estimate of drug-likeness (QED) is 0.413. The average Bonchev–Trinajstić information content (AvgIpc) is 2.27. The highest BCUT2D eigenvalue weighted by Gasteiger charge is 2.15. The Balaban J connectivity index is 2.60. The summed E-state index contributed by atoms with van der Waals surface area (Å²) in [6, 6.07) is 0. The lowest BCUT2D eigenvalue weighted by Crippen LogP contribution is -1.97. The fourth-order valence-electron chi connectivity index (χ4n) is 2.15. The second-order valence-corrected chi connectivity index (χ2v) is 4.66. The number of allylic oxidation sites excluding steroid dienone is 9. The van der Waals surface area contributed by atoms with E-state index in [0.29, 0.717) is 0 Å². The van der Waals surface area contributed by atoms with Crippen molar-refractivity contribution in [1.82, 2.24) is 0 Å². The molecular formula is C17H18. The van der Waals surface area contributed by atoms with Gasteiger partial charge in [-0.2, -0.15) is 18.6 Å². The first kappa shape index (κ1) is 11.7. The Morgan fingerprint density at radius 2 is 1.29 bits per heavy atom. The molecule has 86 valence electrons. The molecule has 0 saturated heterocycles. The topological polar surface area (TPSA) is 0 Å². The Bertz CT molecular complexity index is 438. The number of hydrogen-bond acceptors (Lipinski definition) is 0. The van der Waals surface area contributed by atoms with Gasteiger partial charge in [-0.15, -0.1) is 16.9 Å². The van der Waals surface area contributed by atoms with Gasteiger partial charge in [-0.05, 0) is 0 Å². The Hall–Kier alpha value is -1.78. The fourth-order valence-corrected chi connectivity index (χ4v) is 2.15. The van der Waals surface area contributed by atoms with Gasteiger partial charge >= 0.3 is 0 Å². The summed E-state index contributed by atoms with van der Waals surface area (Å²) in [5.41, 5.74) is 11.2. The van der Waals surface area contributed by atoms with E-state index in [4.69, 9.17) is 0 Å². The Morgan fingerprint density at radius 3 is 1.82 bits per heavy atom. The molecular weight excluding hydrogens is 204 g/mol. The average molecular weight is 222 g/mol. The molecule has 2 aliphatic rings. The first-order valence-electron chi connectivity index (χ1n) is 5.99. The third-order valence-corrected chi connectivity index (χ3v) is 3.21. The standard InChI is InChI=1S/C17H18/c1-12-7-5-8-13(2)16(12)11-17-14(3)9-6-10-15(17)4/h5-10H,1-4H3. The van der Waals surface area contributed by atoms with Crippen LogP contribution in [0.5, 0.6) is 0 Å². The van der Waals surface area contributed by atoms with Gasteiger partial charge in [0.2, 0.25) is 0 Å². The van der Waals surface area contributed by atoms with Crippen molar-refractivity contribution in [2.45, 2.75) is 27.7 Å². The maximum absolute atomic E-state index is 3.58. The highest BCUT2D eigenvalue weighted by molar-refractivity contribution is 5.57. The summed E-state index contributed by atoms with van der Waals surface area (Å²) in [4.78, 5) is 0. The predicted octanol–water partition coefficient (Wildman–Crippen LogP) is 4.66. The van der Waals surface area contributed by atoms with Crippen LogP contribution < -0.4 is 0 Å². The van der Waals surface area contributed by atoms with Gasteiger partial charge in [0.05, 0.1) is 23.3 Å². The molecule has 2 rings (SSSR count). The van der Waals surface area contributed by atoms with Gasteiger partial charge in [-0.3, -0.25) is 0 Å². The van der Waals surface area contributed by atoms with Gasteiger partial charge in [0.25, 0.3) is 0 Å². The monoisotopic (exact) mass is 222 g/mol. The van der Waals surface area contributed by atoms with Crippen molar-refractivity contribution in [3.05, 3.63) is 76.3 Å². The summed E-state index contributed by atoms with van der Waals surface area (Å²) >= 11 is 0. The maximum atomic E-state index is 3.58. The van der Waals surface area contributed by atoms with Crippen molar-refractivity contribution in [2.75, 3.05) is 0 Å². The molecule has 0 heteroatoms. The molecule has 0 unspecified atom stereocenters. The SMILES string of the molecule is CC1=C[CH+]C=C(C)C1=C=C1C(C)=C[CH-]C=C1C. The molecule has 0 nitrogen and oxygen atoms in total. The minimum Gasteiger partial charge on any atom is -0.170 e. The summed E-state index contributed by atoms with van der Waals surface area (Å²) in [5, 5.41) is 0. The Morgan fingerprint density at radius 1 is 0.824 bits per heavy atom. The van der Waals surface area contributed by atoms with Crippen LogP contribution >= 0.6 is 0 Å². The zero-order valence-corrected chi connectivity index (χ0v) is 11.0. The van der Waals surface area contributed by atoms with Crippen LogP contribution in [-0.2, 0) is 0 Å². The van der Waals surface area contributed by atoms with Crippen molar-refractivity contribution in [3.8, 4) is 0 Å². The second-order valence-electron chi connectivity index (χ2n) is 4.66. The van der Waals surface area contributed by atoms with Crippen LogP contribution in [0.2, 0.25) is 0 Å². The van der Waals surface area contributed by atoms with Crippen molar-refractivity contribution >= 4 is 0 Å². The van der Waals surface area contributed by atoms with Gasteiger partial charge in [-0.25, -0.2) is 0 Å². The first-order chi connectivity index (χ1) is 8.09. The lowest BCUT2D eigenvalue weighted by Gasteiger charge is -2.20. The Kier molecular flexibility index (Phi) is 3.17. The smallest absolute Gasteiger partial charge is 0.130 e. The Labute approximate surface area is 104 Å².